The molecule has 2 heterocycles. The monoisotopic (exact) mass is 313 g/mol. The van der Waals surface area contributed by atoms with Crippen LogP contribution in [0.15, 0.2) is 35.7 Å². The lowest BCUT2D eigenvalue weighted by atomic mass is 10.2. The topological polar surface area (TPSA) is 45.2 Å². The van der Waals surface area contributed by atoms with Crippen molar-refractivity contribution >= 4 is 22.9 Å². The van der Waals surface area contributed by atoms with Crippen molar-refractivity contribution < 1.29 is 4.79 Å². The first-order chi connectivity index (χ1) is 10.8. The third kappa shape index (κ3) is 2.78. The molecule has 1 N–H and O–H groups in total. The van der Waals surface area contributed by atoms with Crippen molar-refractivity contribution in [3.8, 4) is 0 Å². The molecule has 2 aliphatic rings. The first kappa shape index (κ1) is 13.9. The summed E-state index contributed by atoms with van der Waals surface area (Å²) < 4.78 is 0. The molecule has 114 valence electrons. The number of amides is 1. The fourth-order valence-corrected chi connectivity index (χ4v) is 3.87. The Balaban J connectivity index is 1.36. The zero-order valence-corrected chi connectivity index (χ0v) is 13.2. The molecule has 1 aliphatic heterocycles. The number of nitrogens with zero attached hydrogens (tertiary/aromatic N) is 2. The van der Waals surface area contributed by atoms with Gasteiger partial charge in [0.25, 0.3) is 0 Å². The molecule has 1 amide bonds. The largest absolute Gasteiger partial charge is 0.311 e. The summed E-state index contributed by atoms with van der Waals surface area (Å²) in [5.74, 6) is 0.879. The predicted octanol–water partition coefficient (Wildman–Crippen LogP) is 2.92. The van der Waals surface area contributed by atoms with E-state index in [-0.39, 0.29) is 11.9 Å². The Hall–Kier alpha value is -1.72. The molecule has 2 aromatic rings. The molecular formula is C17H19N3OS. The highest BCUT2D eigenvalue weighted by Crippen LogP contribution is 2.41. The van der Waals surface area contributed by atoms with Gasteiger partial charge >= 0.3 is 0 Å². The molecule has 1 saturated carbocycles. The molecule has 2 fully saturated rings. The minimum Gasteiger partial charge on any atom is -0.311 e. The molecule has 1 aromatic heterocycles. The molecule has 0 radical (unpaired) electrons. The lowest BCUT2D eigenvalue weighted by Crippen LogP contribution is -2.38. The number of hydrogen-bond donors (Lipinski definition) is 1. The average molecular weight is 313 g/mol. The zero-order chi connectivity index (χ0) is 14.9. The number of carbonyl (C=O) groups excluding carboxylic acids is 1. The zero-order valence-electron chi connectivity index (χ0n) is 12.4. The van der Waals surface area contributed by atoms with Gasteiger partial charge in [-0.2, -0.15) is 0 Å². The lowest BCUT2D eigenvalue weighted by molar-refractivity contribution is -0.118. The van der Waals surface area contributed by atoms with E-state index in [0.717, 1.165) is 24.3 Å². The van der Waals surface area contributed by atoms with Crippen molar-refractivity contribution in [3.05, 3.63) is 46.4 Å². The summed E-state index contributed by atoms with van der Waals surface area (Å²) in [5, 5.41) is 6.76. The summed E-state index contributed by atoms with van der Waals surface area (Å²) in [5.41, 5.74) is 2.05. The van der Waals surface area contributed by atoms with Gasteiger partial charge in [0.05, 0.1) is 16.7 Å². The Morgan fingerprint density at radius 3 is 2.82 bits per heavy atom. The smallest absolute Gasteiger partial charge is 0.244 e. The van der Waals surface area contributed by atoms with Gasteiger partial charge in [-0.3, -0.25) is 4.79 Å². The number of anilines is 1. The predicted molar refractivity (Wildman–Crippen MR) is 88.1 cm³/mol. The third-order valence-electron chi connectivity index (χ3n) is 4.30. The van der Waals surface area contributed by atoms with Crippen molar-refractivity contribution in [3.63, 3.8) is 0 Å². The highest BCUT2D eigenvalue weighted by atomic mass is 32.1. The average Bonchev–Trinajstić information content (AvgIpc) is 3.18. The number of benzene rings is 1. The first-order valence-electron chi connectivity index (χ1n) is 7.85. The van der Waals surface area contributed by atoms with Crippen molar-refractivity contribution in [2.24, 2.45) is 0 Å². The highest BCUT2D eigenvalue weighted by Gasteiger charge is 2.32. The van der Waals surface area contributed by atoms with E-state index < -0.39 is 0 Å². The molecule has 0 unspecified atom stereocenters. The number of aromatic nitrogens is 1. The Morgan fingerprint density at radius 1 is 1.23 bits per heavy atom. The Bertz CT molecular complexity index is 666. The van der Waals surface area contributed by atoms with Crippen LogP contribution in [0.25, 0.3) is 0 Å². The van der Waals surface area contributed by atoms with E-state index in [1.807, 2.05) is 35.2 Å². The number of nitrogens with one attached hydrogen (secondary N) is 1. The van der Waals surface area contributed by atoms with E-state index >= 15 is 0 Å². The van der Waals surface area contributed by atoms with Crippen LogP contribution in [0, 0.1) is 0 Å². The number of para-hydroxylation sites is 1. The van der Waals surface area contributed by atoms with E-state index in [2.05, 4.69) is 15.7 Å². The molecule has 1 saturated heterocycles. The van der Waals surface area contributed by atoms with E-state index in [4.69, 9.17) is 0 Å². The standard InChI is InChI=1S/C17H19N3OS/c21-17-15(8-9-20(17)14-4-2-1-3-5-14)18-10-13-11-22-16(19-13)12-6-7-12/h1-5,11-12,15,18H,6-10H2/t15-/m1/s1. The second-order valence-electron chi connectivity index (χ2n) is 6.00. The first-order valence-corrected chi connectivity index (χ1v) is 8.73. The number of hydrogen-bond acceptors (Lipinski definition) is 4. The summed E-state index contributed by atoms with van der Waals surface area (Å²) in [4.78, 5) is 19.0. The quantitative estimate of drug-likeness (QED) is 0.923. The van der Waals surface area contributed by atoms with Crippen LogP contribution >= 0.6 is 11.3 Å². The maximum absolute atomic E-state index is 12.5. The van der Waals surface area contributed by atoms with Crippen molar-refractivity contribution in [2.45, 2.75) is 37.8 Å². The van der Waals surface area contributed by atoms with Gasteiger partial charge in [-0.1, -0.05) is 18.2 Å². The van der Waals surface area contributed by atoms with Gasteiger partial charge in [-0.25, -0.2) is 4.98 Å². The molecule has 5 heteroatoms. The van der Waals surface area contributed by atoms with Gasteiger partial charge in [0, 0.05) is 30.1 Å². The molecular weight excluding hydrogens is 294 g/mol. The fourth-order valence-electron chi connectivity index (χ4n) is 2.88. The molecule has 0 bridgehead atoms. The Labute approximate surface area is 134 Å². The number of thiazole rings is 1. The lowest BCUT2D eigenvalue weighted by Gasteiger charge is -2.17. The summed E-state index contributed by atoms with van der Waals surface area (Å²) in [6.07, 6.45) is 3.43. The molecule has 0 spiro atoms. The van der Waals surface area contributed by atoms with Crippen LogP contribution in [0.3, 0.4) is 0 Å². The minimum absolute atomic E-state index is 0.0914. The normalized spacial score (nSPS) is 21.5. The van der Waals surface area contributed by atoms with Crippen LogP contribution in [-0.2, 0) is 11.3 Å². The number of carbonyl (C=O) groups is 1. The molecule has 1 aromatic carbocycles. The van der Waals surface area contributed by atoms with Gasteiger partial charge in [0.2, 0.25) is 5.91 Å². The Kier molecular flexibility index (Phi) is 3.68. The molecule has 1 aliphatic carbocycles. The molecule has 22 heavy (non-hydrogen) atoms. The van der Waals surface area contributed by atoms with Gasteiger partial charge in [-0.15, -0.1) is 11.3 Å². The van der Waals surface area contributed by atoms with Gasteiger partial charge < -0.3 is 10.2 Å². The van der Waals surface area contributed by atoms with E-state index in [1.54, 1.807) is 11.3 Å². The van der Waals surface area contributed by atoms with Crippen LogP contribution < -0.4 is 10.2 Å². The molecule has 4 rings (SSSR count). The number of rotatable bonds is 5. The maximum Gasteiger partial charge on any atom is 0.244 e. The van der Waals surface area contributed by atoms with E-state index in [9.17, 15) is 4.79 Å². The van der Waals surface area contributed by atoms with Gasteiger partial charge in [0.1, 0.15) is 0 Å². The summed E-state index contributed by atoms with van der Waals surface area (Å²) in [6.45, 7) is 1.47. The van der Waals surface area contributed by atoms with E-state index in [1.165, 1.54) is 17.8 Å². The van der Waals surface area contributed by atoms with Gasteiger partial charge in [0.15, 0.2) is 0 Å². The second kappa shape index (κ2) is 5.82. The van der Waals surface area contributed by atoms with Crippen LogP contribution in [0.4, 0.5) is 5.69 Å². The van der Waals surface area contributed by atoms with Crippen LogP contribution in [0.1, 0.15) is 35.9 Å². The molecule has 4 nitrogen and oxygen atoms in total. The summed E-state index contributed by atoms with van der Waals surface area (Å²) in [7, 11) is 0. The second-order valence-corrected chi connectivity index (χ2v) is 6.89. The molecule has 1 atom stereocenters. The van der Waals surface area contributed by atoms with Crippen LogP contribution in [0.2, 0.25) is 0 Å². The van der Waals surface area contributed by atoms with Crippen molar-refractivity contribution in [2.75, 3.05) is 11.4 Å². The van der Waals surface area contributed by atoms with Crippen LogP contribution in [0.5, 0.6) is 0 Å². The Morgan fingerprint density at radius 2 is 2.05 bits per heavy atom. The summed E-state index contributed by atoms with van der Waals surface area (Å²) in [6, 6.07) is 9.80. The SMILES string of the molecule is O=C1[C@H](NCc2csc(C3CC3)n2)CCN1c1ccccc1. The summed E-state index contributed by atoms with van der Waals surface area (Å²) >= 11 is 1.75. The maximum atomic E-state index is 12.5. The third-order valence-corrected chi connectivity index (χ3v) is 5.36. The van der Waals surface area contributed by atoms with Crippen molar-refractivity contribution in [1.29, 1.82) is 0 Å². The highest BCUT2D eigenvalue weighted by molar-refractivity contribution is 7.09. The van der Waals surface area contributed by atoms with Crippen LogP contribution in [-0.4, -0.2) is 23.5 Å². The van der Waals surface area contributed by atoms with E-state index in [0.29, 0.717) is 12.5 Å². The minimum atomic E-state index is -0.0914. The van der Waals surface area contributed by atoms with Gasteiger partial charge in [-0.05, 0) is 31.4 Å². The fraction of sp³-hybridized carbons (Fsp3) is 0.412. The van der Waals surface area contributed by atoms with Crippen molar-refractivity contribution in [1.82, 2.24) is 10.3 Å².